The van der Waals surface area contributed by atoms with E-state index in [1.807, 2.05) is 12.1 Å². The number of ether oxygens (including phenoxy) is 1. The molecular weight excluding hydrogens is 236 g/mol. The number of methoxy groups -OCH3 is 1. The van der Waals surface area contributed by atoms with Crippen molar-refractivity contribution in [1.82, 2.24) is 0 Å². The summed E-state index contributed by atoms with van der Waals surface area (Å²) in [6.07, 6.45) is 8.44. The average molecular weight is 260 g/mol. The Hall–Kier alpha value is -1.38. The Morgan fingerprint density at radius 2 is 1.79 bits per heavy atom. The van der Waals surface area contributed by atoms with Crippen LogP contribution in [0.3, 0.4) is 0 Å². The Kier molecular flexibility index (Phi) is 3.29. The molecular formula is C16H24N2O. The predicted octanol–water partition coefficient (Wildman–Crippen LogP) is 3.44. The topological polar surface area (TPSA) is 38.5 Å². The van der Waals surface area contributed by atoms with Crippen LogP contribution in [0.2, 0.25) is 0 Å². The van der Waals surface area contributed by atoms with Crippen molar-refractivity contribution in [3.8, 4) is 5.75 Å². The van der Waals surface area contributed by atoms with Gasteiger partial charge in [-0.3, -0.25) is 0 Å². The zero-order valence-electron chi connectivity index (χ0n) is 11.8. The highest BCUT2D eigenvalue weighted by atomic mass is 16.5. The van der Waals surface area contributed by atoms with Crippen LogP contribution in [-0.4, -0.2) is 20.2 Å². The molecule has 104 valence electrons. The van der Waals surface area contributed by atoms with Gasteiger partial charge < -0.3 is 15.4 Å². The van der Waals surface area contributed by atoms with Crippen LogP contribution in [0.4, 0.5) is 11.4 Å². The van der Waals surface area contributed by atoms with Crippen LogP contribution in [-0.2, 0) is 0 Å². The molecule has 1 aromatic carbocycles. The largest absolute Gasteiger partial charge is 0.497 e. The molecule has 0 atom stereocenters. The Balaban J connectivity index is 1.72. The minimum absolute atomic E-state index is 0.575. The van der Waals surface area contributed by atoms with Gasteiger partial charge in [-0.2, -0.15) is 0 Å². The Bertz CT molecular complexity index is 442. The quantitative estimate of drug-likeness (QED) is 0.828. The minimum atomic E-state index is 0.575. The second-order valence-electron chi connectivity index (χ2n) is 6.20. The number of hydrogen-bond acceptors (Lipinski definition) is 3. The summed E-state index contributed by atoms with van der Waals surface area (Å²) >= 11 is 0. The number of anilines is 2. The van der Waals surface area contributed by atoms with Gasteiger partial charge in [0, 0.05) is 24.6 Å². The maximum absolute atomic E-state index is 6.11. The summed E-state index contributed by atoms with van der Waals surface area (Å²) in [6.45, 7) is 2.34. The van der Waals surface area contributed by atoms with Crippen molar-refractivity contribution in [3.63, 3.8) is 0 Å². The van der Waals surface area contributed by atoms with E-state index >= 15 is 0 Å². The highest BCUT2D eigenvalue weighted by Gasteiger charge is 2.43. The van der Waals surface area contributed by atoms with Gasteiger partial charge in [-0.15, -0.1) is 0 Å². The Morgan fingerprint density at radius 1 is 1.11 bits per heavy atom. The molecule has 1 spiro atoms. The summed E-state index contributed by atoms with van der Waals surface area (Å²) in [4.78, 5) is 2.42. The van der Waals surface area contributed by atoms with Crippen molar-refractivity contribution in [2.45, 2.75) is 38.5 Å². The van der Waals surface area contributed by atoms with Gasteiger partial charge in [0.15, 0.2) is 0 Å². The summed E-state index contributed by atoms with van der Waals surface area (Å²) in [5.74, 6) is 0.894. The van der Waals surface area contributed by atoms with Crippen LogP contribution in [0.15, 0.2) is 18.2 Å². The normalized spacial score (nSPS) is 21.8. The standard InChI is InChI=1S/C16H24N2O/c1-19-13-6-7-14(17)15(10-13)18-11-16(12-18)8-4-2-3-5-9-16/h6-7,10H,2-5,8-9,11-12,17H2,1H3. The van der Waals surface area contributed by atoms with Crippen molar-refractivity contribution in [2.75, 3.05) is 30.8 Å². The van der Waals surface area contributed by atoms with Crippen LogP contribution in [0.1, 0.15) is 38.5 Å². The molecule has 0 radical (unpaired) electrons. The fourth-order valence-electron chi connectivity index (χ4n) is 3.65. The van der Waals surface area contributed by atoms with E-state index in [9.17, 15) is 0 Å². The van der Waals surface area contributed by atoms with Gasteiger partial charge in [0.2, 0.25) is 0 Å². The van der Waals surface area contributed by atoms with Gasteiger partial charge in [0.05, 0.1) is 18.5 Å². The van der Waals surface area contributed by atoms with Gasteiger partial charge >= 0.3 is 0 Å². The molecule has 0 bridgehead atoms. The van der Waals surface area contributed by atoms with E-state index in [0.717, 1.165) is 17.1 Å². The summed E-state index contributed by atoms with van der Waals surface area (Å²) in [5.41, 5.74) is 8.69. The zero-order valence-corrected chi connectivity index (χ0v) is 11.8. The molecule has 1 saturated heterocycles. The number of nitrogen functional groups attached to an aromatic ring is 1. The van der Waals surface area contributed by atoms with E-state index in [1.54, 1.807) is 7.11 Å². The van der Waals surface area contributed by atoms with Gasteiger partial charge in [-0.1, -0.05) is 25.7 Å². The van der Waals surface area contributed by atoms with Crippen LogP contribution < -0.4 is 15.4 Å². The lowest BCUT2D eigenvalue weighted by Gasteiger charge is -2.52. The fourth-order valence-corrected chi connectivity index (χ4v) is 3.65. The first-order valence-electron chi connectivity index (χ1n) is 7.41. The summed E-state index contributed by atoms with van der Waals surface area (Å²) in [6, 6.07) is 5.95. The molecule has 0 unspecified atom stereocenters. The van der Waals surface area contributed by atoms with Crippen LogP contribution in [0.25, 0.3) is 0 Å². The lowest BCUT2D eigenvalue weighted by molar-refractivity contribution is 0.180. The third kappa shape index (κ3) is 2.38. The van der Waals surface area contributed by atoms with E-state index in [1.165, 1.54) is 51.6 Å². The van der Waals surface area contributed by atoms with Crippen molar-refractivity contribution in [3.05, 3.63) is 18.2 Å². The first-order valence-corrected chi connectivity index (χ1v) is 7.41. The first-order chi connectivity index (χ1) is 9.22. The van der Waals surface area contributed by atoms with Gasteiger partial charge in [-0.25, -0.2) is 0 Å². The van der Waals surface area contributed by atoms with E-state index in [4.69, 9.17) is 10.5 Å². The molecule has 3 heteroatoms. The van der Waals surface area contributed by atoms with Crippen molar-refractivity contribution in [1.29, 1.82) is 0 Å². The number of benzene rings is 1. The predicted molar refractivity (Wildman–Crippen MR) is 79.8 cm³/mol. The highest BCUT2D eigenvalue weighted by molar-refractivity contribution is 5.71. The van der Waals surface area contributed by atoms with Crippen molar-refractivity contribution < 1.29 is 4.74 Å². The van der Waals surface area contributed by atoms with Gasteiger partial charge in [0.25, 0.3) is 0 Å². The van der Waals surface area contributed by atoms with E-state index < -0.39 is 0 Å². The maximum Gasteiger partial charge on any atom is 0.121 e. The van der Waals surface area contributed by atoms with Crippen LogP contribution >= 0.6 is 0 Å². The molecule has 1 heterocycles. The Morgan fingerprint density at radius 3 is 2.42 bits per heavy atom. The molecule has 1 saturated carbocycles. The number of nitrogens with zero attached hydrogens (tertiary/aromatic N) is 1. The molecule has 2 N–H and O–H groups in total. The molecule has 3 rings (SSSR count). The summed E-state index contributed by atoms with van der Waals surface area (Å²) in [7, 11) is 1.71. The second-order valence-corrected chi connectivity index (χ2v) is 6.20. The molecule has 0 aromatic heterocycles. The summed E-state index contributed by atoms with van der Waals surface area (Å²) in [5, 5.41) is 0. The SMILES string of the molecule is COc1ccc(N)c(N2CC3(CCCCCC3)C2)c1. The van der Waals surface area contributed by atoms with Gasteiger partial charge in [0.1, 0.15) is 5.75 Å². The monoisotopic (exact) mass is 260 g/mol. The minimum Gasteiger partial charge on any atom is -0.497 e. The lowest BCUT2D eigenvalue weighted by Crippen LogP contribution is -2.56. The fraction of sp³-hybridized carbons (Fsp3) is 0.625. The molecule has 3 nitrogen and oxygen atoms in total. The van der Waals surface area contributed by atoms with E-state index in [0.29, 0.717) is 5.41 Å². The van der Waals surface area contributed by atoms with Crippen LogP contribution in [0, 0.1) is 5.41 Å². The third-order valence-electron chi connectivity index (χ3n) is 4.80. The zero-order chi connectivity index (χ0) is 13.3. The Labute approximate surface area is 115 Å². The first kappa shape index (κ1) is 12.6. The smallest absolute Gasteiger partial charge is 0.121 e. The number of nitrogens with two attached hydrogens (primary N) is 1. The second kappa shape index (κ2) is 4.95. The third-order valence-corrected chi connectivity index (χ3v) is 4.80. The average Bonchev–Trinajstić information content (AvgIpc) is 2.63. The van der Waals surface area contributed by atoms with Gasteiger partial charge in [-0.05, 0) is 25.0 Å². The molecule has 19 heavy (non-hydrogen) atoms. The van der Waals surface area contributed by atoms with Crippen molar-refractivity contribution in [2.24, 2.45) is 5.41 Å². The lowest BCUT2D eigenvalue weighted by atomic mass is 9.73. The molecule has 0 amide bonds. The molecule has 1 aromatic rings. The van der Waals surface area contributed by atoms with E-state index in [-0.39, 0.29) is 0 Å². The number of rotatable bonds is 2. The molecule has 1 aliphatic heterocycles. The molecule has 2 aliphatic rings. The molecule has 2 fully saturated rings. The van der Waals surface area contributed by atoms with E-state index in [2.05, 4.69) is 11.0 Å². The number of hydrogen-bond donors (Lipinski definition) is 1. The van der Waals surface area contributed by atoms with Crippen molar-refractivity contribution >= 4 is 11.4 Å². The maximum atomic E-state index is 6.11. The molecule has 1 aliphatic carbocycles. The van der Waals surface area contributed by atoms with Crippen LogP contribution in [0.5, 0.6) is 5.75 Å². The highest BCUT2D eigenvalue weighted by Crippen LogP contribution is 2.46. The summed E-state index contributed by atoms with van der Waals surface area (Å²) < 4.78 is 5.30.